The largest absolute Gasteiger partial charge is 0.299 e. The summed E-state index contributed by atoms with van der Waals surface area (Å²) in [5.41, 5.74) is 6.31. The molecule has 4 rings (SSSR count). The third-order valence-corrected chi connectivity index (χ3v) is 5.35. The van der Waals surface area contributed by atoms with E-state index in [1.807, 2.05) is 17.1 Å². The maximum atomic E-state index is 4.56. The van der Waals surface area contributed by atoms with Crippen molar-refractivity contribution in [2.75, 3.05) is 13.1 Å². The summed E-state index contributed by atoms with van der Waals surface area (Å²) in [5.74, 6) is 0.622. The lowest BCUT2D eigenvalue weighted by Crippen LogP contribution is -2.32. The number of benzene rings is 1. The highest BCUT2D eigenvalue weighted by atomic mass is 15.3. The molecule has 1 aliphatic heterocycles. The minimum Gasteiger partial charge on any atom is -0.299 e. The highest BCUT2D eigenvalue weighted by Crippen LogP contribution is 2.27. The summed E-state index contributed by atoms with van der Waals surface area (Å²) in [6.45, 7) is 7.51. The fourth-order valence-electron chi connectivity index (χ4n) is 3.61. The van der Waals surface area contributed by atoms with E-state index in [1.165, 1.54) is 35.2 Å². The lowest BCUT2D eigenvalue weighted by atomic mass is 9.93. The number of likely N-dealkylation sites (tertiary alicyclic amines) is 1. The van der Waals surface area contributed by atoms with Gasteiger partial charge in [0.1, 0.15) is 0 Å². The Morgan fingerprint density at radius 1 is 1.12 bits per heavy atom. The molecule has 1 aromatic carbocycles. The van der Waals surface area contributed by atoms with E-state index in [0.717, 1.165) is 25.3 Å². The van der Waals surface area contributed by atoms with Gasteiger partial charge in [-0.15, -0.1) is 0 Å². The molecule has 5 nitrogen and oxygen atoms in total. The van der Waals surface area contributed by atoms with Crippen LogP contribution in [0.25, 0.3) is 5.69 Å². The van der Waals surface area contributed by atoms with Crippen molar-refractivity contribution in [2.45, 2.75) is 39.2 Å². The smallest absolute Gasteiger partial charge is 0.0648 e. The number of hydrogen-bond acceptors (Lipinski definition) is 3. The standard InChI is InChI=1S/C20H25N5/c1-15-3-4-19(11-16(15)2)25-14-17(12-22-25)13-24-9-6-18(7-10-24)20-5-8-21-23-20/h3-5,8,11-12,14,18H,6-7,9-10,13H2,1-2H3,(H,21,23). The molecule has 0 saturated carbocycles. The molecule has 3 aromatic rings. The molecule has 130 valence electrons. The van der Waals surface area contributed by atoms with Crippen LogP contribution in [-0.4, -0.2) is 38.0 Å². The SMILES string of the molecule is Cc1ccc(-n2cc(CN3CCC(c4ccn[nH]4)CC3)cn2)cc1C. The molecule has 2 aromatic heterocycles. The number of aromatic nitrogens is 4. The molecule has 0 aliphatic carbocycles. The number of aryl methyl sites for hydroxylation is 2. The Hall–Kier alpha value is -2.40. The average Bonchev–Trinajstić information content (AvgIpc) is 3.30. The lowest BCUT2D eigenvalue weighted by Gasteiger charge is -2.31. The molecule has 1 saturated heterocycles. The van der Waals surface area contributed by atoms with E-state index >= 15 is 0 Å². The van der Waals surface area contributed by atoms with Crippen LogP contribution >= 0.6 is 0 Å². The summed E-state index contributed by atoms with van der Waals surface area (Å²) in [5, 5.41) is 11.8. The van der Waals surface area contributed by atoms with Gasteiger partial charge in [-0.25, -0.2) is 4.68 Å². The molecular weight excluding hydrogens is 310 g/mol. The van der Waals surface area contributed by atoms with Gasteiger partial charge in [-0.2, -0.15) is 10.2 Å². The van der Waals surface area contributed by atoms with Crippen LogP contribution in [0, 0.1) is 13.8 Å². The van der Waals surface area contributed by atoms with Crippen LogP contribution in [0.3, 0.4) is 0 Å². The predicted molar refractivity (Wildman–Crippen MR) is 98.9 cm³/mol. The highest BCUT2D eigenvalue weighted by molar-refractivity contribution is 5.39. The summed E-state index contributed by atoms with van der Waals surface area (Å²) in [4.78, 5) is 2.52. The minimum atomic E-state index is 0.622. The first-order valence-corrected chi connectivity index (χ1v) is 9.02. The highest BCUT2D eigenvalue weighted by Gasteiger charge is 2.21. The molecule has 0 radical (unpaired) electrons. The number of nitrogens with one attached hydrogen (secondary N) is 1. The third-order valence-electron chi connectivity index (χ3n) is 5.35. The molecule has 25 heavy (non-hydrogen) atoms. The van der Waals surface area contributed by atoms with E-state index in [0.29, 0.717) is 5.92 Å². The Morgan fingerprint density at radius 3 is 2.68 bits per heavy atom. The van der Waals surface area contributed by atoms with Crippen molar-refractivity contribution in [3.63, 3.8) is 0 Å². The molecule has 1 fully saturated rings. The zero-order valence-corrected chi connectivity index (χ0v) is 14.9. The van der Waals surface area contributed by atoms with Gasteiger partial charge in [0, 0.05) is 36.1 Å². The second kappa shape index (κ2) is 6.84. The van der Waals surface area contributed by atoms with Gasteiger partial charge in [-0.05, 0) is 69.1 Å². The monoisotopic (exact) mass is 335 g/mol. The van der Waals surface area contributed by atoms with Crippen molar-refractivity contribution in [3.05, 3.63) is 65.2 Å². The van der Waals surface area contributed by atoms with Crippen molar-refractivity contribution in [3.8, 4) is 5.69 Å². The van der Waals surface area contributed by atoms with E-state index in [9.17, 15) is 0 Å². The van der Waals surface area contributed by atoms with Crippen LogP contribution in [0.5, 0.6) is 0 Å². The Bertz CT molecular complexity index is 826. The molecule has 1 N–H and O–H groups in total. The summed E-state index contributed by atoms with van der Waals surface area (Å²) in [6, 6.07) is 8.59. The Labute approximate surface area is 148 Å². The van der Waals surface area contributed by atoms with Gasteiger partial charge in [0.15, 0.2) is 0 Å². The second-order valence-electron chi connectivity index (χ2n) is 7.12. The minimum absolute atomic E-state index is 0.622. The molecule has 0 unspecified atom stereocenters. The first-order valence-electron chi connectivity index (χ1n) is 9.02. The second-order valence-corrected chi connectivity index (χ2v) is 7.12. The van der Waals surface area contributed by atoms with Crippen LogP contribution in [0.4, 0.5) is 0 Å². The van der Waals surface area contributed by atoms with Crippen molar-refractivity contribution in [2.24, 2.45) is 0 Å². The molecule has 0 spiro atoms. The number of rotatable bonds is 4. The predicted octanol–water partition coefficient (Wildman–Crippen LogP) is 3.59. The zero-order valence-electron chi connectivity index (χ0n) is 14.9. The quantitative estimate of drug-likeness (QED) is 0.793. The zero-order chi connectivity index (χ0) is 17.2. The first-order chi connectivity index (χ1) is 12.2. The van der Waals surface area contributed by atoms with Crippen molar-refractivity contribution < 1.29 is 0 Å². The normalized spacial score (nSPS) is 16.4. The van der Waals surface area contributed by atoms with E-state index < -0.39 is 0 Å². The van der Waals surface area contributed by atoms with Gasteiger partial charge >= 0.3 is 0 Å². The molecule has 0 bridgehead atoms. The number of piperidine rings is 1. The Balaban J connectivity index is 1.38. The van der Waals surface area contributed by atoms with Gasteiger partial charge in [0.2, 0.25) is 0 Å². The summed E-state index contributed by atoms with van der Waals surface area (Å²) in [6.07, 6.45) is 8.38. The van der Waals surface area contributed by atoms with E-state index in [-0.39, 0.29) is 0 Å². The summed E-state index contributed by atoms with van der Waals surface area (Å²) < 4.78 is 1.99. The van der Waals surface area contributed by atoms with Gasteiger partial charge in [0.05, 0.1) is 11.9 Å². The van der Waals surface area contributed by atoms with Crippen LogP contribution < -0.4 is 0 Å². The van der Waals surface area contributed by atoms with Gasteiger partial charge < -0.3 is 0 Å². The van der Waals surface area contributed by atoms with Crippen molar-refractivity contribution in [1.29, 1.82) is 0 Å². The van der Waals surface area contributed by atoms with Gasteiger partial charge in [-0.3, -0.25) is 10.00 Å². The van der Waals surface area contributed by atoms with Crippen LogP contribution in [-0.2, 0) is 6.54 Å². The van der Waals surface area contributed by atoms with E-state index in [4.69, 9.17) is 0 Å². The number of nitrogens with zero attached hydrogens (tertiary/aromatic N) is 4. The fraction of sp³-hybridized carbons (Fsp3) is 0.400. The maximum absolute atomic E-state index is 4.56. The molecule has 0 atom stereocenters. The topological polar surface area (TPSA) is 49.7 Å². The van der Waals surface area contributed by atoms with Gasteiger partial charge in [-0.1, -0.05) is 6.07 Å². The van der Waals surface area contributed by atoms with Crippen molar-refractivity contribution in [1.82, 2.24) is 24.9 Å². The number of hydrogen-bond donors (Lipinski definition) is 1. The first kappa shape index (κ1) is 16.1. The number of H-pyrrole nitrogens is 1. The van der Waals surface area contributed by atoms with Gasteiger partial charge in [0.25, 0.3) is 0 Å². The summed E-state index contributed by atoms with van der Waals surface area (Å²) >= 11 is 0. The van der Waals surface area contributed by atoms with Crippen LogP contribution in [0.2, 0.25) is 0 Å². The third kappa shape index (κ3) is 3.51. The molecule has 1 aliphatic rings. The van der Waals surface area contributed by atoms with E-state index in [1.54, 1.807) is 0 Å². The van der Waals surface area contributed by atoms with Crippen LogP contribution in [0.15, 0.2) is 42.9 Å². The summed E-state index contributed by atoms with van der Waals surface area (Å²) in [7, 11) is 0. The lowest BCUT2D eigenvalue weighted by molar-refractivity contribution is 0.203. The molecule has 3 heterocycles. The average molecular weight is 335 g/mol. The fourth-order valence-corrected chi connectivity index (χ4v) is 3.61. The number of aromatic amines is 1. The Kier molecular flexibility index (Phi) is 4.40. The van der Waals surface area contributed by atoms with Crippen molar-refractivity contribution >= 4 is 0 Å². The van der Waals surface area contributed by atoms with Crippen LogP contribution in [0.1, 0.15) is 41.1 Å². The molecule has 0 amide bonds. The Morgan fingerprint density at radius 2 is 1.96 bits per heavy atom. The molecule has 5 heteroatoms. The molecular formula is C20H25N5. The van der Waals surface area contributed by atoms with E-state index in [2.05, 4.69) is 64.5 Å². The maximum Gasteiger partial charge on any atom is 0.0648 e.